The molecule has 33 heavy (non-hydrogen) atoms. The third-order valence-corrected chi connectivity index (χ3v) is 6.70. The van der Waals surface area contributed by atoms with Crippen molar-refractivity contribution in [2.24, 2.45) is 0 Å². The largest absolute Gasteiger partial charge is 0.350 e. The molecule has 4 heterocycles. The normalized spacial score (nSPS) is 11.2. The molecule has 0 fully saturated rings. The van der Waals surface area contributed by atoms with Gasteiger partial charge in [-0.2, -0.15) is 10.2 Å². The third-order valence-electron chi connectivity index (χ3n) is 5.79. The smallest absolute Gasteiger partial charge is 0.242 e. The average Bonchev–Trinajstić information content (AvgIpc) is 3.53. The number of fused-ring (bicyclic) bond motifs is 1. The summed E-state index contributed by atoms with van der Waals surface area (Å²) in [7, 11) is 0. The van der Waals surface area contributed by atoms with Gasteiger partial charge in [0.15, 0.2) is 5.65 Å². The maximum Gasteiger partial charge on any atom is 0.242 e. The molecule has 0 unspecified atom stereocenters. The van der Waals surface area contributed by atoms with E-state index in [1.165, 1.54) is 0 Å². The van der Waals surface area contributed by atoms with E-state index in [1.807, 2.05) is 67.9 Å². The zero-order valence-corrected chi connectivity index (χ0v) is 19.6. The zero-order valence-electron chi connectivity index (χ0n) is 18.7. The Labute approximate surface area is 195 Å². The summed E-state index contributed by atoms with van der Waals surface area (Å²) in [4.78, 5) is 18.5. The second-order valence-corrected chi connectivity index (χ2v) is 8.90. The molecule has 0 saturated carbocycles. The molecule has 4 aromatic heterocycles. The van der Waals surface area contributed by atoms with Crippen LogP contribution in [0.5, 0.6) is 0 Å². The van der Waals surface area contributed by atoms with Crippen molar-refractivity contribution in [1.29, 1.82) is 0 Å². The molecule has 0 saturated heterocycles. The van der Waals surface area contributed by atoms with Gasteiger partial charge in [0, 0.05) is 34.4 Å². The van der Waals surface area contributed by atoms with Gasteiger partial charge in [-0.15, -0.1) is 11.3 Å². The Morgan fingerprint density at radius 2 is 1.82 bits per heavy atom. The monoisotopic (exact) mass is 456 g/mol. The molecule has 0 spiro atoms. The van der Waals surface area contributed by atoms with Crippen molar-refractivity contribution < 1.29 is 4.79 Å². The summed E-state index contributed by atoms with van der Waals surface area (Å²) in [5, 5.41) is 15.4. The number of thiophene rings is 1. The number of amides is 1. The molecule has 0 aliphatic carbocycles. The molecule has 0 radical (unpaired) electrons. The van der Waals surface area contributed by atoms with Gasteiger partial charge in [-0.05, 0) is 50.4 Å². The van der Waals surface area contributed by atoms with Crippen molar-refractivity contribution in [1.82, 2.24) is 29.9 Å². The van der Waals surface area contributed by atoms with Crippen LogP contribution in [0.4, 0.5) is 0 Å². The number of rotatable bonds is 6. The van der Waals surface area contributed by atoms with Crippen molar-refractivity contribution in [3.05, 3.63) is 82.8 Å². The van der Waals surface area contributed by atoms with Crippen LogP contribution in [-0.2, 0) is 17.9 Å². The van der Waals surface area contributed by atoms with Gasteiger partial charge in [0.25, 0.3) is 0 Å². The molecule has 8 heteroatoms. The number of hydrogen-bond donors (Lipinski definition) is 1. The van der Waals surface area contributed by atoms with Crippen LogP contribution in [0.25, 0.3) is 27.2 Å². The number of nitrogens with one attached hydrogen (secondary N) is 1. The molecular formula is C25H24N6OS. The van der Waals surface area contributed by atoms with Crippen LogP contribution in [0.3, 0.4) is 0 Å². The van der Waals surface area contributed by atoms with E-state index in [0.717, 1.165) is 49.8 Å². The van der Waals surface area contributed by atoms with E-state index in [0.29, 0.717) is 6.54 Å². The Kier molecular flexibility index (Phi) is 5.51. The first kappa shape index (κ1) is 21.1. The van der Waals surface area contributed by atoms with Crippen molar-refractivity contribution in [2.45, 2.75) is 33.9 Å². The fraction of sp³-hybridized carbons (Fsp3) is 0.200. The average molecular weight is 457 g/mol. The fourth-order valence-electron chi connectivity index (χ4n) is 4.16. The first-order valence-corrected chi connectivity index (χ1v) is 11.6. The Bertz CT molecular complexity index is 1430. The summed E-state index contributed by atoms with van der Waals surface area (Å²) in [6, 6.07) is 16.1. The Hall–Kier alpha value is -3.78. The van der Waals surface area contributed by atoms with E-state index < -0.39 is 0 Å². The van der Waals surface area contributed by atoms with Crippen LogP contribution in [-0.4, -0.2) is 30.5 Å². The van der Waals surface area contributed by atoms with Gasteiger partial charge in [-0.25, -0.2) is 14.3 Å². The molecule has 5 aromatic rings. The molecule has 166 valence electrons. The SMILES string of the molecule is Cc1nn(-c2ccccc2)c(C)c1CNC(=O)Cn1nc(C)c2c(-c3cccs3)ccnc21. The highest BCUT2D eigenvalue weighted by atomic mass is 32.1. The van der Waals surface area contributed by atoms with E-state index in [9.17, 15) is 4.79 Å². The maximum absolute atomic E-state index is 12.8. The van der Waals surface area contributed by atoms with Crippen molar-refractivity contribution in [2.75, 3.05) is 0 Å². The minimum Gasteiger partial charge on any atom is -0.350 e. The number of carbonyl (C=O) groups excluding carboxylic acids is 1. The summed E-state index contributed by atoms with van der Waals surface area (Å²) in [5.41, 5.74) is 6.62. The summed E-state index contributed by atoms with van der Waals surface area (Å²) in [6.07, 6.45) is 1.78. The van der Waals surface area contributed by atoms with Crippen LogP contribution in [0.1, 0.15) is 22.6 Å². The number of aromatic nitrogens is 5. The van der Waals surface area contributed by atoms with Gasteiger partial charge in [-0.1, -0.05) is 24.3 Å². The fourth-order valence-corrected chi connectivity index (χ4v) is 4.92. The predicted molar refractivity (Wildman–Crippen MR) is 130 cm³/mol. The van der Waals surface area contributed by atoms with E-state index in [2.05, 4.69) is 31.9 Å². The van der Waals surface area contributed by atoms with Crippen LogP contribution >= 0.6 is 11.3 Å². The number of benzene rings is 1. The molecule has 1 N–H and O–H groups in total. The summed E-state index contributed by atoms with van der Waals surface area (Å²) < 4.78 is 3.60. The zero-order chi connectivity index (χ0) is 22.9. The highest BCUT2D eigenvalue weighted by Crippen LogP contribution is 2.32. The number of nitrogens with zero attached hydrogens (tertiary/aromatic N) is 5. The number of pyridine rings is 1. The number of aryl methyl sites for hydroxylation is 2. The lowest BCUT2D eigenvalue weighted by molar-refractivity contribution is -0.121. The number of carbonyl (C=O) groups is 1. The predicted octanol–water partition coefficient (Wildman–Crippen LogP) is 4.59. The van der Waals surface area contributed by atoms with Gasteiger partial charge >= 0.3 is 0 Å². The van der Waals surface area contributed by atoms with Gasteiger partial charge < -0.3 is 5.32 Å². The number of para-hydroxylation sites is 1. The van der Waals surface area contributed by atoms with Gasteiger partial charge in [0.2, 0.25) is 5.91 Å². The van der Waals surface area contributed by atoms with Gasteiger partial charge in [0.1, 0.15) is 6.54 Å². The molecule has 5 rings (SSSR count). The highest BCUT2D eigenvalue weighted by molar-refractivity contribution is 7.13. The van der Waals surface area contributed by atoms with Crippen LogP contribution in [0, 0.1) is 20.8 Å². The van der Waals surface area contributed by atoms with E-state index in [-0.39, 0.29) is 12.5 Å². The molecular weight excluding hydrogens is 432 g/mol. The molecule has 0 aliphatic heterocycles. The second-order valence-electron chi connectivity index (χ2n) is 7.95. The van der Waals surface area contributed by atoms with Crippen molar-refractivity contribution in [3.63, 3.8) is 0 Å². The molecule has 1 amide bonds. The quantitative estimate of drug-likeness (QED) is 0.405. The van der Waals surface area contributed by atoms with E-state index in [1.54, 1.807) is 22.2 Å². The lowest BCUT2D eigenvalue weighted by atomic mass is 10.1. The lowest BCUT2D eigenvalue weighted by Gasteiger charge is -2.08. The third kappa shape index (κ3) is 3.93. The minimum atomic E-state index is -0.117. The summed E-state index contributed by atoms with van der Waals surface area (Å²) in [6.45, 7) is 6.47. The topological polar surface area (TPSA) is 77.6 Å². The van der Waals surface area contributed by atoms with Crippen LogP contribution < -0.4 is 5.32 Å². The Balaban J connectivity index is 1.35. The highest BCUT2D eigenvalue weighted by Gasteiger charge is 2.17. The van der Waals surface area contributed by atoms with Gasteiger partial charge in [0.05, 0.1) is 22.5 Å². The standard InChI is InChI=1S/C25H24N6OS/c1-16-21(18(3)31(29-16)19-8-5-4-6-9-19)14-27-23(32)15-30-25-24(17(2)28-30)20(11-12-26-25)22-10-7-13-33-22/h4-13H,14-15H2,1-3H3,(H,27,32). The molecule has 0 aliphatic rings. The maximum atomic E-state index is 12.8. The Morgan fingerprint density at radius 1 is 1.00 bits per heavy atom. The Morgan fingerprint density at radius 3 is 2.58 bits per heavy atom. The van der Waals surface area contributed by atoms with Gasteiger partial charge in [-0.3, -0.25) is 4.79 Å². The second kappa shape index (κ2) is 8.63. The molecule has 0 atom stereocenters. The lowest BCUT2D eigenvalue weighted by Crippen LogP contribution is -2.28. The van der Waals surface area contributed by atoms with Crippen molar-refractivity contribution >= 4 is 28.3 Å². The molecule has 1 aromatic carbocycles. The summed E-state index contributed by atoms with van der Waals surface area (Å²) in [5.74, 6) is -0.117. The first-order valence-electron chi connectivity index (χ1n) is 10.8. The van der Waals surface area contributed by atoms with E-state index >= 15 is 0 Å². The molecule has 0 bridgehead atoms. The van der Waals surface area contributed by atoms with E-state index in [4.69, 9.17) is 0 Å². The first-order chi connectivity index (χ1) is 16.0. The number of hydrogen-bond acceptors (Lipinski definition) is 5. The van der Waals surface area contributed by atoms with Crippen LogP contribution in [0.2, 0.25) is 0 Å². The summed E-state index contributed by atoms with van der Waals surface area (Å²) >= 11 is 1.68. The van der Waals surface area contributed by atoms with Crippen LogP contribution in [0.15, 0.2) is 60.1 Å². The van der Waals surface area contributed by atoms with Crippen molar-refractivity contribution in [3.8, 4) is 16.1 Å². The molecule has 7 nitrogen and oxygen atoms in total. The minimum absolute atomic E-state index is 0.107.